The van der Waals surface area contributed by atoms with Crippen LogP contribution in [-0.2, 0) is 4.74 Å². The molecule has 14 heavy (non-hydrogen) atoms. The van der Waals surface area contributed by atoms with Gasteiger partial charge in [0.15, 0.2) is 5.76 Å². The van der Waals surface area contributed by atoms with Crippen molar-refractivity contribution in [2.24, 2.45) is 0 Å². The molecule has 0 atom stereocenters. The number of Topliss-reactive ketones (excluding diaryl/α,β-unsaturated/α-hetero) is 1. The molecule has 1 aromatic rings. The number of ketones is 1. The molecule has 2 rings (SSSR count). The van der Waals surface area contributed by atoms with Gasteiger partial charge in [0.1, 0.15) is 0 Å². The summed E-state index contributed by atoms with van der Waals surface area (Å²) in [4.78, 5) is 12.7. The van der Waals surface area contributed by atoms with E-state index in [1.807, 2.05) is 17.5 Å². The second-order valence-electron chi connectivity index (χ2n) is 2.99. The van der Waals surface area contributed by atoms with Gasteiger partial charge in [0.25, 0.3) is 0 Å². The standard InChI is InChI=1S/C10H9IO2S/c11-7-4-6-14-10(7)9(12)8-3-1-2-5-13-8/h3-4,6H,1-2,5H2. The zero-order valence-electron chi connectivity index (χ0n) is 7.46. The van der Waals surface area contributed by atoms with Crippen molar-refractivity contribution in [2.45, 2.75) is 12.8 Å². The van der Waals surface area contributed by atoms with E-state index in [-0.39, 0.29) is 5.78 Å². The van der Waals surface area contributed by atoms with E-state index in [1.165, 1.54) is 11.3 Å². The van der Waals surface area contributed by atoms with Crippen LogP contribution in [-0.4, -0.2) is 12.4 Å². The normalized spacial score (nSPS) is 15.9. The molecule has 0 bridgehead atoms. The fourth-order valence-electron chi connectivity index (χ4n) is 1.28. The van der Waals surface area contributed by atoms with Crippen molar-refractivity contribution in [1.29, 1.82) is 0 Å². The molecule has 4 heteroatoms. The zero-order chi connectivity index (χ0) is 9.97. The van der Waals surface area contributed by atoms with Crippen LogP contribution < -0.4 is 0 Å². The molecule has 0 radical (unpaired) electrons. The van der Waals surface area contributed by atoms with Gasteiger partial charge in [-0.25, -0.2) is 0 Å². The summed E-state index contributed by atoms with van der Waals surface area (Å²) < 4.78 is 6.34. The minimum atomic E-state index is 0.0316. The summed E-state index contributed by atoms with van der Waals surface area (Å²) in [6.07, 6.45) is 3.85. The van der Waals surface area contributed by atoms with Crippen LogP contribution in [0.2, 0.25) is 0 Å². The van der Waals surface area contributed by atoms with Crippen molar-refractivity contribution in [3.8, 4) is 0 Å². The van der Waals surface area contributed by atoms with Crippen LogP contribution in [0, 0.1) is 3.57 Å². The van der Waals surface area contributed by atoms with Crippen LogP contribution in [0.5, 0.6) is 0 Å². The minimum absolute atomic E-state index is 0.0316. The van der Waals surface area contributed by atoms with Gasteiger partial charge in [-0.05, 0) is 53.0 Å². The van der Waals surface area contributed by atoms with Crippen molar-refractivity contribution in [2.75, 3.05) is 6.61 Å². The van der Waals surface area contributed by atoms with Crippen LogP contribution in [0.25, 0.3) is 0 Å². The van der Waals surface area contributed by atoms with Gasteiger partial charge in [0.05, 0.1) is 11.5 Å². The maximum atomic E-state index is 11.9. The van der Waals surface area contributed by atoms with Crippen molar-refractivity contribution in [3.63, 3.8) is 0 Å². The number of carbonyl (C=O) groups is 1. The Balaban J connectivity index is 2.23. The van der Waals surface area contributed by atoms with Gasteiger partial charge in [-0.1, -0.05) is 0 Å². The lowest BCUT2D eigenvalue weighted by Gasteiger charge is -2.12. The van der Waals surface area contributed by atoms with E-state index in [4.69, 9.17) is 4.74 Å². The Morgan fingerprint density at radius 2 is 2.43 bits per heavy atom. The van der Waals surface area contributed by atoms with Crippen molar-refractivity contribution >= 4 is 39.7 Å². The van der Waals surface area contributed by atoms with Gasteiger partial charge < -0.3 is 4.74 Å². The molecule has 2 heterocycles. The molecule has 1 aliphatic rings. The molecular weight excluding hydrogens is 311 g/mol. The summed E-state index contributed by atoms with van der Waals surface area (Å²) in [6.45, 7) is 0.666. The summed E-state index contributed by atoms with van der Waals surface area (Å²) in [5.41, 5.74) is 0. The summed E-state index contributed by atoms with van der Waals surface area (Å²) in [5.74, 6) is 0.556. The number of allylic oxidation sites excluding steroid dienone is 2. The van der Waals surface area contributed by atoms with Crippen molar-refractivity contribution in [3.05, 3.63) is 31.7 Å². The molecule has 2 nitrogen and oxygen atoms in total. The molecule has 0 N–H and O–H groups in total. The molecule has 0 amide bonds. The number of carbonyl (C=O) groups excluding carboxylic acids is 1. The lowest BCUT2D eigenvalue weighted by molar-refractivity contribution is 0.0902. The summed E-state index contributed by atoms with van der Waals surface area (Å²) in [5, 5.41) is 1.93. The van der Waals surface area contributed by atoms with Crippen molar-refractivity contribution < 1.29 is 9.53 Å². The van der Waals surface area contributed by atoms with Crippen LogP contribution in [0.3, 0.4) is 0 Å². The van der Waals surface area contributed by atoms with Gasteiger partial charge in [0.2, 0.25) is 5.78 Å². The number of halogens is 1. The number of thiophene rings is 1. The largest absolute Gasteiger partial charge is 0.490 e. The molecule has 1 aromatic heterocycles. The number of ether oxygens (including phenoxy) is 1. The predicted octanol–water partition coefficient (Wildman–Crippen LogP) is 3.23. The minimum Gasteiger partial charge on any atom is -0.490 e. The first kappa shape index (κ1) is 10.2. The first-order valence-electron chi connectivity index (χ1n) is 4.39. The number of rotatable bonds is 2. The predicted molar refractivity (Wildman–Crippen MR) is 64.6 cm³/mol. The van der Waals surface area contributed by atoms with Gasteiger partial charge >= 0.3 is 0 Å². The fourth-order valence-corrected chi connectivity index (χ4v) is 3.06. The summed E-state index contributed by atoms with van der Waals surface area (Å²) in [6, 6.07) is 1.95. The van der Waals surface area contributed by atoms with Crippen molar-refractivity contribution in [1.82, 2.24) is 0 Å². The second kappa shape index (κ2) is 4.44. The lowest BCUT2D eigenvalue weighted by Crippen LogP contribution is -2.10. The van der Waals surface area contributed by atoms with E-state index < -0.39 is 0 Å². The summed E-state index contributed by atoms with van der Waals surface area (Å²) in [7, 11) is 0. The van der Waals surface area contributed by atoms with E-state index in [1.54, 1.807) is 0 Å². The third-order valence-electron chi connectivity index (χ3n) is 1.98. The molecule has 0 aliphatic carbocycles. The molecule has 0 spiro atoms. The molecular formula is C10H9IO2S. The second-order valence-corrected chi connectivity index (χ2v) is 5.06. The highest BCUT2D eigenvalue weighted by Gasteiger charge is 2.19. The molecule has 0 aromatic carbocycles. The molecule has 0 unspecified atom stereocenters. The van der Waals surface area contributed by atoms with E-state index in [0.29, 0.717) is 12.4 Å². The Morgan fingerprint density at radius 1 is 1.57 bits per heavy atom. The van der Waals surface area contributed by atoms with Gasteiger partial charge in [0, 0.05) is 3.57 Å². The van der Waals surface area contributed by atoms with Gasteiger partial charge in [-0.2, -0.15) is 0 Å². The summed E-state index contributed by atoms with van der Waals surface area (Å²) >= 11 is 3.65. The Bertz CT molecular complexity index is 381. The van der Waals surface area contributed by atoms with Crippen LogP contribution in [0.1, 0.15) is 22.5 Å². The lowest BCUT2D eigenvalue weighted by atomic mass is 10.2. The van der Waals surface area contributed by atoms with E-state index in [0.717, 1.165) is 21.3 Å². The topological polar surface area (TPSA) is 26.3 Å². The Hall–Kier alpha value is -0.360. The fraction of sp³-hybridized carbons (Fsp3) is 0.300. The average molecular weight is 320 g/mol. The highest BCUT2D eigenvalue weighted by molar-refractivity contribution is 14.1. The van der Waals surface area contributed by atoms with E-state index in [9.17, 15) is 4.79 Å². The SMILES string of the molecule is O=C(C1=CCCCO1)c1sccc1I. The third-order valence-corrected chi connectivity index (χ3v) is 4.16. The Labute approximate surface area is 100 Å². The van der Waals surface area contributed by atoms with E-state index in [2.05, 4.69) is 22.6 Å². The van der Waals surface area contributed by atoms with Crippen LogP contribution >= 0.6 is 33.9 Å². The zero-order valence-corrected chi connectivity index (χ0v) is 10.4. The molecule has 0 fully saturated rings. The monoisotopic (exact) mass is 320 g/mol. The quantitative estimate of drug-likeness (QED) is 0.618. The molecule has 0 saturated heterocycles. The van der Waals surface area contributed by atoms with Crippen LogP contribution in [0.15, 0.2) is 23.3 Å². The maximum absolute atomic E-state index is 11.9. The highest BCUT2D eigenvalue weighted by Crippen LogP contribution is 2.24. The number of hydrogen-bond acceptors (Lipinski definition) is 3. The first-order valence-corrected chi connectivity index (χ1v) is 6.35. The first-order chi connectivity index (χ1) is 6.79. The maximum Gasteiger partial charge on any atom is 0.238 e. The van der Waals surface area contributed by atoms with E-state index >= 15 is 0 Å². The molecule has 74 valence electrons. The number of hydrogen-bond donors (Lipinski definition) is 0. The van der Waals surface area contributed by atoms with Gasteiger partial charge in [-0.15, -0.1) is 11.3 Å². The Morgan fingerprint density at radius 3 is 3.00 bits per heavy atom. The smallest absolute Gasteiger partial charge is 0.238 e. The highest BCUT2D eigenvalue weighted by atomic mass is 127. The van der Waals surface area contributed by atoms with Crippen LogP contribution in [0.4, 0.5) is 0 Å². The Kier molecular flexibility index (Phi) is 3.22. The van der Waals surface area contributed by atoms with Gasteiger partial charge in [-0.3, -0.25) is 4.79 Å². The third kappa shape index (κ3) is 2.00. The average Bonchev–Trinajstić information content (AvgIpc) is 2.65. The molecule has 0 saturated carbocycles. The molecule has 1 aliphatic heterocycles.